The molecule has 3 aliphatic heterocycles. The summed E-state index contributed by atoms with van der Waals surface area (Å²) in [4.78, 5) is 30.1. The maximum Gasteiger partial charge on any atom is 0.410 e. The molecular formula is C15H20N4O4. The monoisotopic (exact) mass is 320 g/mol. The predicted octanol–water partition coefficient (Wildman–Crippen LogP) is 2.19. The van der Waals surface area contributed by atoms with Crippen LogP contribution in [0.1, 0.15) is 27.2 Å². The first kappa shape index (κ1) is 15.5. The third kappa shape index (κ3) is 3.06. The average Bonchev–Trinajstić information content (AvgIpc) is 2.45. The van der Waals surface area contributed by atoms with Gasteiger partial charge >= 0.3 is 11.9 Å². The van der Waals surface area contributed by atoms with Crippen molar-refractivity contribution in [1.29, 1.82) is 0 Å². The van der Waals surface area contributed by atoms with E-state index in [1.54, 1.807) is 11.0 Å². The Hall–Kier alpha value is -2.38. The second-order valence-electron chi connectivity index (χ2n) is 6.97. The molecule has 2 atom stereocenters. The van der Waals surface area contributed by atoms with Gasteiger partial charge in [-0.3, -0.25) is 4.90 Å². The normalized spacial score (nSPS) is 23.3. The van der Waals surface area contributed by atoms with Crippen molar-refractivity contribution in [2.75, 3.05) is 18.0 Å². The van der Waals surface area contributed by atoms with Crippen LogP contribution in [0.4, 0.5) is 16.3 Å². The Balaban J connectivity index is 1.64. The summed E-state index contributed by atoms with van der Waals surface area (Å²) in [6, 6.07) is 3.35. The van der Waals surface area contributed by atoms with E-state index in [1.807, 2.05) is 20.8 Å². The number of anilines is 1. The van der Waals surface area contributed by atoms with Gasteiger partial charge < -0.3 is 19.8 Å². The number of aromatic nitrogens is 1. The van der Waals surface area contributed by atoms with E-state index in [9.17, 15) is 14.9 Å². The number of hydrogen-bond donors (Lipinski definition) is 0. The molecule has 124 valence electrons. The molecule has 8 heteroatoms. The minimum absolute atomic E-state index is 0.124. The van der Waals surface area contributed by atoms with Gasteiger partial charge in [0, 0.05) is 19.2 Å². The fraction of sp³-hybridized carbons (Fsp3) is 0.600. The lowest BCUT2D eigenvalue weighted by atomic mass is 9.88. The molecular weight excluding hydrogens is 300 g/mol. The van der Waals surface area contributed by atoms with Crippen LogP contribution in [0.2, 0.25) is 0 Å². The summed E-state index contributed by atoms with van der Waals surface area (Å²) in [6.07, 6.45) is 2.22. The van der Waals surface area contributed by atoms with Crippen molar-refractivity contribution in [2.24, 2.45) is 0 Å². The zero-order valence-electron chi connectivity index (χ0n) is 13.4. The Kier molecular flexibility index (Phi) is 3.62. The highest BCUT2D eigenvalue weighted by molar-refractivity contribution is 5.71. The fourth-order valence-corrected chi connectivity index (χ4v) is 3.11. The minimum atomic E-state index is -0.512. The minimum Gasteiger partial charge on any atom is -0.444 e. The third-order valence-electron chi connectivity index (χ3n) is 4.08. The van der Waals surface area contributed by atoms with E-state index in [2.05, 4.69) is 9.88 Å². The van der Waals surface area contributed by atoms with Gasteiger partial charge in [-0.05, 0) is 43.2 Å². The Morgan fingerprint density at radius 1 is 1.35 bits per heavy atom. The van der Waals surface area contributed by atoms with Gasteiger partial charge in [-0.25, -0.2) is 4.79 Å². The number of piperidine rings is 1. The number of fused-ring (bicyclic) bond motifs is 2. The van der Waals surface area contributed by atoms with Gasteiger partial charge in [0.15, 0.2) is 6.20 Å². The lowest BCUT2D eigenvalue weighted by Crippen LogP contribution is -2.70. The topological polar surface area (TPSA) is 88.8 Å². The molecule has 3 fully saturated rings. The Labute approximate surface area is 134 Å². The van der Waals surface area contributed by atoms with Crippen molar-refractivity contribution in [3.63, 3.8) is 0 Å². The van der Waals surface area contributed by atoms with Gasteiger partial charge in [0.2, 0.25) is 0 Å². The summed E-state index contributed by atoms with van der Waals surface area (Å²) in [5, 5.41) is 10.7. The van der Waals surface area contributed by atoms with Crippen molar-refractivity contribution in [2.45, 2.75) is 44.9 Å². The number of ether oxygens (including phenoxy) is 1. The number of nitrogens with zero attached hydrogens (tertiary/aromatic N) is 4. The first-order valence-corrected chi connectivity index (χ1v) is 7.61. The summed E-state index contributed by atoms with van der Waals surface area (Å²) in [5.41, 5.74) is 0.345. The van der Waals surface area contributed by atoms with Crippen LogP contribution in [0.25, 0.3) is 0 Å². The van der Waals surface area contributed by atoms with Gasteiger partial charge in [0.1, 0.15) is 5.60 Å². The zero-order valence-corrected chi connectivity index (χ0v) is 13.4. The van der Waals surface area contributed by atoms with Gasteiger partial charge in [0.05, 0.1) is 17.8 Å². The average molecular weight is 320 g/mol. The first-order chi connectivity index (χ1) is 10.7. The summed E-state index contributed by atoms with van der Waals surface area (Å²) >= 11 is 0. The van der Waals surface area contributed by atoms with E-state index in [4.69, 9.17) is 4.74 Å². The lowest BCUT2D eigenvalue weighted by molar-refractivity contribution is -0.389. The highest BCUT2D eigenvalue weighted by Gasteiger charge is 2.48. The van der Waals surface area contributed by atoms with Crippen molar-refractivity contribution >= 4 is 17.6 Å². The number of nitro groups is 1. The molecule has 2 unspecified atom stereocenters. The van der Waals surface area contributed by atoms with Crippen LogP contribution < -0.4 is 4.90 Å². The van der Waals surface area contributed by atoms with Crippen molar-refractivity contribution in [3.05, 3.63) is 28.4 Å². The molecule has 0 N–H and O–H groups in total. The second-order valence-corrected chi connectivity index (χ2v) is 6.97. The van der Waals surface area contributed by atoms with Crippen LogP contribution in [-0.4, -0.2) is 51.7 Å². The van der Waals surface area contributed by atoms with Crippen molar-refractivity contribution in [1.82, 2.24) is 9.88 Å². The molecule has 3 aliphatic rings. The van der Waals surface area contributed by atoms with Crippen molar-refractivity contribution in [3.8, 4) is 0 Å². The van der Waals surface area contributed by atoms with Gasteiger partial charge in [-0.2, -0.15) is 0 Å². The third-order valence-corrected chi connectivity index (χ3v) is 4.08. The van der Waals surface area contributed by atoms with E-state index in [0.717, 1.165) is 12.1 Å². The molecule has 1 aromatic heterocycles. The Bertz CT molecular complexity index is 613. The summed E-state index contributed by atoms with van der Waals surface area (Å²) in [6.45, 7) is 6.95. The van der Waals surface area contributed by atoms with Crippen LogP contribution in [0.15, 0.2) is 18.3 Å². The zero-order chi connectivity index (χ0) is 16.8. The number of hydrogen-bond acceptors (Lipinski definition) is 6. The van der Waals surface area contributed by atoms with E-state index in [1.165, 1.54) is 12.3 Å². The van der Waals surface area contributed by atoms with E-state index in [0.29, 0.717) is 13.1 Å². The number of carbonyl (C=O) groups is 1. The van der Waals surface area contributed by atoms with Gasteiger partial charge in [-0.1, -0.05) is 0 Å². The molecule has 0 aromatic carbocycles. The summed E-state index contributed by atoms with van der Waals surface area (Å²) in [7, 11) is 0. The maximum atomic E-state index is 12.2. The number of pyridine rings is 1. The molecule has 4 heterocycles. The molecule has 1 amide bonds. The smallest absolute Gasteiger partial charge is 0.410 e. The molecule has 0 aliphatic carbocycles. The van der Waals surface area contributed by atoms with Crippen LogP contribution in [0.3, 0.4) is 0 Å². The molecule has 8 nitrogen and oxygen atoms in total. The molecule has 0 radical (unpaired) electrons. The maximum absolute atomic E-state index is 12.2. The second kappa shape index (κ2) is 5.36. The van der Waals surface area contributed by atoms with E-state index in [-0.39, 0.29) is 24.0 Å². The van der Waals surface area contributed by atoms with Crippen LogP contribution in [0, 0.1) is 10.1 Å². The van der Waals surface area contributed by atoms with Crippen molar-refractivity contribution < 1.29 is 14.5 Å². The molecule has 3 saturated heterocycles. The fourth-order valence-electron chi connectivity index (χ4n) is 3.11. The van der Waals surface area contributed by atoms with Gasteiger partial charge in [0.25, 0.3) is 0 Å². The first-order valence-electron chi connectivity index (χ1n) is 7.61. The summed E-state index contributed by atoms with van der Waals surface area (Å²) < 4.78 is 5.44. The molecule has 1 aromatic rings. The quantitative estimate of drug-likeness (QED) is 0.613. The van der Waals surface area contributed by atoms with Crippen LogP contribution in [0.5, 0.6) is 0 Å². The number of piperazine rings is 1. The largest absolute Gasteiger partial charge is 0.444 e. The highest BCUT2D eigenvalue weighted by Crippen LogP contribution is 2.35. The van der Waals surface area contributed by atoms with Crippen LogP contribution in [-0.2, 0) is 4.74 Å². The predicted molar refractivity (Wildman–Crippen MR) is 83.4 cm³/mol. The van der Waals surface area contributed by atoms with Crippen LogP contribution >= 0.6 is 0 Å². The standard InChI is InChI=1S/C15H20N4O4/c1-15(2,3)23-14(20)18-11-6-12(18)9-17(8-11)10-4-5-13(16-7-10)19(21)22/h4-5,7,11-12H,6,8-9H2,1-3H3. The SMILES string of the molecule is CC(C)(C)OC(=O)N1C2CC1CN(c1ccc([N+](=O)[O-])nc1)C2. The molecule has 0 saturated carbocycles. The van der Waals surface area contributed by atoms with Gasteiger partial charge in [-0.15, -0.1) is 0 Å². The van der Waals surface area contributed by atoms with E-state index < -0.39 is 10.5 Å². The highest BCUT2D eigenvalue weighted by atomic mass is 16.6. The lowest BCUT2D eigenvalue weighted by Gasteiger charge is -2.56. The molecule has 2 bridgehead atoms. The molecule has 23 heavy (non-hydrogen) atoms. The summed E-state index contributed by atoms with van der Waals surface area (Å²) in [5.74, 6) is -0.161. The Morgan fingerprint density at radius 2 is 2.00 bits per heavy atom. The number of amides is 1. The van der Waals surface area contributed by atoms with E-state index >= 15 is 0 Å². The number of rotatable bonds is 2. The molecule has 4 rings (SSSR count). The molecule has 0 spiro atoms. The Morgan fingerprint density at radius 3 is 2.48 bits per heavy atom. The number of carbonyl (C=O) groups excluding carboxylic acids is 1.